The summed E-state index contributed by atoms with van der Waals surface area (Å²) in [7, 11) is 0. The molecule has 6 nitrogen and oxygen atoms in total. The van der Waals surface area contributed by atoms with Gasteiger partial charge in [-0.05, 0) is 47.5 Å². The highest BCUT2D eigenvalue weighted by Crippen LogP contribution is 2.23. The molecule has 0 radical (unpaired) electrons. The number of imidazole rings is 1. The minimum atomic E-state index is -0.487. The summed E-state index contributed by atoms with van der Waals surface area (Å²) in [5.41, 5.74) is 10.2. The standard InChI is InChI=1S/C23H20N4O2S/c24-21(28)18-5-3-4-16(12-18)13-25-22(29)17-10-8-15(9-11-17)14-30-23-26-19-6-1-2-7-20(19)27-23/h1-12H,13-14H2,(H2,24,28)(H,25,29)(H,26,27). The van der Waals surface area contributed by atoms with Crippen molar-refractivity contribution in [1.29, 1.82) is 0 Å². The van der Waals surface area contributed by atoms with Gasteiger partial charge in [-0.25, -0.2) is 4.98 Å². The number of hydrogen-bond donors (Lipinski definition) is 3. The van der Waals surface area contributed by atoms with Crippen molar-refractivity contribution in [2.24, 2.45) is 5.73 Å². The number of fused-ring (bicyclic) bond motifs is 1. The maximum absolute atomic E-state index is 12.4. The van der Waals surface area contributed by atoms with E-state index in [0.29, 0.717) is 17.7 Å². The van der Waals surface area contributed by atoms with Crippen LogP contribution in [0.4, 0.5) is 0 Å². The second kappa shape index (κ2) is 8.84. The molecule has 0 atom stereocenters. The van der Waals surface area contributed by atoms with Crippen molar-refractivity contribution in [2.45, 2.75) is 17.5 Å². The normalized spacial score (nSPS) is 10.8. The Labute approximate surface area is 177 Å². The highest BCUT2D eigenvalue weighted by Gasteiger charge is 2.08. The number of aromatic amines is 1. The molecule has 0 aliphatic rings. The Morgan fingerprint density at radius 1 is 0.933 bits per heavy atom. The molecule has 150 valence electrons. The van der Waals surface area contributed by atoms with E-state index in [1.165, 1.54) is 0 Å². The van der Waals surface area contributed by atoms with Gasteiger partial charge in [0.1, 0.15) is 0 Å². The molecule has 0 fully saturated rings. The number of carbonyl (C=O) groups is 2. The highest BCUT2D eigenvalue weighted by atomic mass is 32.2. The summed E-state index contributed by atoms with van der Waals surface area (Å²) in [6.07, 6.45) is 0. The van der Waals surface area contributed by atoms with E-state index in [-0.39, 0.29) is 5.91 Å². The quantitative estimate of drug-likeness (QED) is 0.398. The van der Waals surface area contributed by atoms with Gasteiger partial charge < -0.3 is 16.0 Å². The lowest BCUT2D eigenvalue weighted by Crippen LogP contribution is -2.23. The van der Waals surface area contributed by atoms with E-state index in [0.717, 1.165) is 33.1 Å². The number of nitrogens with two attached hydrogens (primary N) is 1. The molecule has 4 aromatic rings. The zero-order valence-corrected chi connectivity index (χ0v) is 16.9. The lowest BCUT2D eigenvalue weighted by Gasteiger charge is -2.07. The molecule has 0 saturated heterocycles. The van der Waals surface area contributed by atoms with E-state index < -0.39 is 5.91 Å². The second-order valence-electron chi connectivity index (χ2n) is 6.79. The summed E-state index contributed by atoms with van der Waals surface area (Å²) in [6, 6.07) is 22.3. The van der Waals surface area contributed by atoms with Crippen LogP contribution in [0.25, 0.3) is 11.0 Å². The van der Waals surface area contributed by atoms with Crippen molar-refractivity contribution in [3.8, 4) is 0 Å². The van der Waals surface area contributed by atoms with Crippen LogP contribution in [0.5, 0.6) is 0 Å². The smallest absolute Gasteiger partial charge is 0.251 e. The van der Waals surface area contributed by atoms with Gasteiger partial charge in [0.15, 0.2) is 5.16 Å². The van der Waals surface area contributed by atoms with Crippen LogP contribution in [-0.4, -0.2) is 21.8 Å². The number of para-hydroxylation sites is 2. The van der Waals surface area contributed by atoms with Crippen molar-refractivity contribution < 1.29 is 9.59 Å². The first kappa shape index (κ1) is 19.7. The van der Waals surface area contributed by atoms with E-state index in [2.05, 4.69) is 15.3 Å². The molecule has 0 bridgehead atoms. The molecule has 0 spiro atoms. The predicted molar refractivity (Wildman–Crippen MR) is 118 cm³/mol. The maximum Gasteiger partial charge on any atom is 0.251 e. The molecule has 3 aromatic carbocycles. The van der Waals surface area contributed by atoms with Gasteiger partial charge in [-0.2, -0.15) is 0 Å². The third-order valence-electron chi connectivity index (χ3n) is 4.62. The van der Waals surface area contributed by atoms with Gasteiger partial charge in [0.05, 0.1) is 11.0 Å². The molecule has 0 saturated carbocycles. The molecule has 4 N–H and O–H groups in total. The van der Waals surface area contributed by atoms with Crippen LogP contribution in [0.15, 0.2) is 78.0 Å². The molecule has 0 unspecified atom stereocenters. The topological polar surface area (TPSA) is 101 Å². The molecular formula is C23H20N4O2S. The summed E-state index contributed by atoms with van der Waals surface area (Å²) in [4.78, 5) is 31.5. The number of amides is 2. The fourth-order valence-corrected chi connectivity index (χ4v) is 3.86. The molecule has 1 aromatic heterocycles. The number of hydrogen-bond acceptors (Lipinski definition) is 4. The zero-order chi connectivity index (χ0) is 20.9. The Morgan fingerprint density at radius 2 is 1.73 bits per heavy atom. The van der Waals surface area contributed by atoms with Gasteiger partial charge in [0, 0.05) is 23.4 Å². The number of rotatable bonds is 7. The molecular weight excluding hydrogens is 396 g/mol. The summed E-state index contributed by atoms with van der Waals surface area (Å²) in [5, 5.41) is 3.73. The third kappa shape index (κ3) is 4.69. The lowest BCUT2D eigenvalue weighted by atomic mass is 10.1. The Morgan fingerprint density at radius 3 is 2.50 bits per heavy atom. The first-order chi connectivity index (χ1) is 14.6. The third-order valence-corrected chi connectivity index (χ3v) is 5.57. The Kier molecular flexibility index (Phi) is 5.81. The summed E-state index contributed by atoms with van der Waals surface area (Å²) >= 11 is 1.62. The summed E-state index contributed by atoms with van der Waals surface area (Å²) < 4.78 is 0. The number of benzene rings is 3. The number of aromatic nitrogens is 2. The number of primary amides is 1. The SMILES string of the molecule is NC(=O)c1cccc(CNC(=O)c2ccc(CSc3nc4ccccc4[nH]3)cc2)c1. The fourth-order valence-electron chi connectivity index (χ4n) is 3.02. The van der Waals surface area contributed by atoms with Crippen molar-refractivity contribution in [1.82, 2.24) is 15.3 Å². The largest absolute Gasteiger partial charge is 0.366 e. The van der Waals surface area contributed by atoms with Crippen LogP contribution in [0.3, 0.4) is 0 Å². The second-order valence-corrected chi connectivity index (χ2v) is 7.76. The van der Waals surface area contributed by atoms with Crippen LogP contribution < -0.4 is 11.1 Å². The molecule has 30 heavy (non-hydrogen) atoms. The van der Waals surface area contributed by atoms with Crippen molar-refractivity contribution >= 4 is 34.6 Å². The summed E-state index contributed by atoms with van der Waals surface area (Å²) in [5.74, 6) is 0.0944. The monoisotopic (exact) mass is 416 g/mol. The minimum Gasteiger partial charge on any atom is -0.366 e. The van der Waals surface area contributed by atoms with Crippen molar-refractivity contribution in [3.63, 3.8) is 0 Å². The first-order valence-corrected chi connectivity index (χ1v) is 10.4. The number of carbonyl (C=O) groups excluding carboxylic acids is 2. The highest BCUT2D eigenvalue weighted by molar-refractivity contribution is 7.98. The Bertz CT molecular complexity index is 1170. The number of H-pyrrole nitrogens is 1. The Hall–Kier alpha value is -3.58. The first-order valence-electron chi connectivity index (χ1n) is 9.42. The molecule has 1 heterocycles. The average Bonchev–Trinajstić information content (AvgIpc) is 3.19. The predicted octanol–water partition coefficient (Wildman–Crippen LogP) is 3.88. The van der Waals surface area contributed by atoms with Gasteiger partial charge >= 0.3 is 0 Å². The van der Waals surface area contributed by atoms with Gasteiger partial charge in [0.25, 0.3) is 5.91 Å². The van der Waals surface area contributed by atoms with E-state index in [1.54, 1.807) is 30.0 Å². The van der Waals surface area contributed by atoms with E-state index >= 15 is 0 Å². The molecule has 0 aliphatic carbocycles. The molecule has 7 heteroatoms. The zero-order valence-electron chi connectivity index (χ0n) is 16.1. The van der Waals surface area contributed by atoms with Gasteiger partial charge in [-0.15, -0.1) is 0 Å². The van der Waals surface area contributed by atoms with Crippen LogP contribution in [0.2, 0.25) is 0 Å². The van der Waals surface area contributed by atoms with Crippen molar-refractivity contribution in [3.05, 3.63) is 95.1 Å². The van der Waals surface area contributed by atoms with Crippen molar-refractivity contribution in [2.75, 3.05) is 0 Å². The van der Waals surface area contributed by atoms with E-state index in [4.69, 9.17) is 5.73 Å². The fraction of sp³-hybridized carbons (Fsp3) is 0.0870. The minimum absolute atomic E-state index is 0.170. The van der Waals surface area contributed by atoms with Gasteiger partial charge in [-0.1, -0.05) is 48.2 Å². The number of thioether (sulfide) groups is 1. The van der Waals surface area contributed by atoms with Gasteiger partial charge in [0.2, 0.25) is 5.91 Å². The van der Waals surface area contributed by atoms with E-state index in [1.807, 2.05) is 54.6 Å². The lowest BCUT2D eigenvalue weighted by molar-refractivity contribution is 0.0950. The van der Waals surface area contributed by atoms with Crippen LogP contribution in [0, 0.1) is 0 Å². The van der Waals surface area contributed by atoms with Crippen LogP contribution >= 0.6 is 11.8 Å². The maximum atomic E-state index is 12.4. The summed E-state index contributed by atoms with van der Waals surface area (Å²) in [6.45, 7) is 0.323. The molecule has 0 aliphatic heterocycles. The van der Waals surface area contributed by atoms with Crippen LogP contribution in [0.1, 0.15) is 31.8 Å². The number of nitrogens with one attached hydrogen (secondary N) is 2. The number of nitrogens with zero attached hydrogens (tertiary/aromatic N) is 1. The molecule has 4 rings (SSSR count). The van der Waals surface area contributed by atoms with E-state index in [9.17, 15) is 9.59 Å². The van der Waals surface area contributed by atoms with Crippen LogP contribution in [-0.2, 0) is 12.3 Å². The molecule has 2 amide bonds. The van der Waals surface area contributed by atoms with Gasteiger partial charge in [-0.3, -0.25) is 9.59 Å². The average molecular weight is 417 g/mol. The Balaban J connectivity index is 1.32.